The van der Waals surface area contributed by atoms with Gasteiger partial charge in [-0.3, -0.25) is 4.79 Å². The fourth-order valence-corrected chi connectivity index (χ4v) is 5.33. The van der Waals surface area contributed by atoms with Crippen LogP contribution in [0.25, 0.3) is 20.4 Å². The van der Waals surface area contributed by atoms with E-state index in [0.29, 0.717) is 5.75 Å². The maximum Gasteiger partial charge on any atom is 0.233 e. The molecule has 0 spiro atoms. The predicted octanol–water partition coefficient (Wildman–Crippen LogP) is 4.61. The fourth-order valence-electron chi connectivity index (χ4n) is 2.56. The number of nitrogens with zero attached hydrogens (tertiary/aromatic N) is 4. The van der Waals surface area contributed by atoms with Crippen LogP contribution >= 0.6 is 34.4 Å². The Kier molecular flexibility index (Phi) is 4.88. The van der Waals surface area contributed by atoms with E-state index in [0.717, 1.165) is 30.5 Å². The third kappa shape index (κ3) is 3.32. The molecule has 1 amide bonds. The summed E-state index contributed by atoms with van der Waals surface area (Å²) in [6.45, 7) is 2.02. The summed E-state index contributed by atoms with van der Waals surface area (Å²) < 4.78 is 1.14. The third-order valence-corrected chi connectivity index (χ3v) is 7.22. The number of thiazole rings is 1. The number of thiophene rings is 1. The lowest BCUT2D eigenvalue weighted by molar-refractivity contribution is -0.128. The van der Waals surface area contributed by atoms with Crippen LogP contribution in [0.1, 0.15) is 18.0 Å². The SMILES string of the molecule is C[C@H](c1nc2ccccc2s1)N(C)C(=O)CSc1ncnc2sccc12. The van der Waals surface area contributed by atoms with Gasteiger partial charge >= 0.3 is 0 Å². The van der Waals surface area contributed by atoms with E-state index in [4.69, 9.17) is 0 Å². The smallest absolute Gasteiger partial charge is 0.233 e. The second kappa shape index (κ2) is 7.30. The van der Waals surface area contributed by atoms with Crippen LogP contribution < -0.4 is 0 Å². The number of thioether (sulfide) groups is 1. The van der Waals surface area contributed by atoms with Crippen LogP contribution in [0.15, 0.2) is 47.1 Å². The first-order chi connectivity index (χ1) is 12.6. The number of fused-ring (bicyclic) bond motifs is 2. The number of hydrogen-bond donors (Lipinski definition) is 0. The largest absolute Gasteiger partial charge is 0.336 e. The molecule has 132 valence electrons. The Morgan fingerprint density at radius 1 is 1.27 bits per heavy atom. The minimum absolute atomic E-state index is 0.0590. The standard InChI is InChI=1S/C18H16N4OS3/c1-11(16-21-13-5-3-4-6-14(13)26-16)22(2)15(23)9-25-18-12-7-8-24-17(12)19-10-20-18/h3-8,10-11H,9H2,1-2H3/t11-/m1/s1. The molecule has 4 rings (SSSR count). The lowest BCUT2D eigenvalue weighted by atomic mass is 10.3. The molecule has 5 nitrogen and oxygen atoms in total. The van der Waals surface area contributed by atoms with Crippen molar-refractivity contribution in [3.05, 3.63) is 47.0 Å². The van der Waals surface area contributed by atoms with Crippen molar-refractivity contribution in [2.75, 3.05) is 12.8 Å². The fraction of sp³-hybridized carbons (Fsp3) is 0.222. The first kappa shape index (κ1) is 17.4. The molecule has 0 radical (unpaired) electrons. The number of benzene rings is 1. The first-order valence-electron chi connectivity index (χ1n) is 8.05. The maximum atomic E-state index is 12.7. The van der Waals surface area contributed by atoms with Gasteiger partial charge in [0.15, 0.2) is 0 Å². The molecule has 26 heavy (non-hydrogen) atoms. The summed E-state index contributed by atoms with van der Waals surface area (Å²) in [4.78, 5) is 28.6. The van der Waals surface area contributed by atoms with E-state index in [1.165, 1.54) is 11.8 Å². The molecule has 1 atom stereocenters. The van der Waals surface area contributed by atoms with Gasteiger partial charge in [-0.1, -0.05) is 23.9 Å². The van der Waals surface area contributed by atoms with Crippen molar-refractivity contribution in [1.29, 1.82) is 0 Å². The number of amides is 1. The molecule has 3 aromatic heterocycles. The van der Waals surface area contributed by atoms with Crippen molar-refractivity contribution in [3.63, 3.8) is 0 Å². The molecule has 3 heterocycles. The Hall–Kier alpha value is -2.03. The second-order valence-corrected chi connectivity index (χ2v) is 8.73. The molecule has 1 aromatic carbocycles. The highest BCUT2D eigenvalue weighted by Crippen LogP contribution is 2.31. The molecule has 0 saturated heterocycles. The molecule has 0 saturated carbocycles. The number of aromatic nitrogens is 3. The highest BCUT2D eigenvalue weighted by atomic mass is 32.2. The van der Waals surface area contributed by atoms with Crippen LogP contribution in [0.4, 0.5) is 0 Å². The van der Waals surface area contributed by atoms with Gasteiger partial charge in [0.25, 0.3) is 0 Å². The number of para-hydroxylation sites is 1. The Morgan fingerprint density at radius 2 is 2.12 bits per heavy atom. The Bertz CT molecular complexity index is 1040. The van der Waals surface area contributed by atoms with Gasteiger partial charge in [0.2, 0.25) is 5.91 Å². The lowest BCUT2D eigenvalue weighted by Gasteiger charge is -2.23. The van der Waals surface area contributed by atoms with Crippen molar-refractivity contribution in [1.82, 2.24) is 19.9 Å². The molecule has 4 aromatic rings. The minimum Gasteiger partial charge on any atom is -0.336 e. The summed E-state index contributed by atoms with van der Waals surface area (Å²) in [6, 6.07) is 9.98. The van der Waals surface area contributed by atoms with Crippen LogP contribution in [0.5, 0.6) is 0 Å². The van der Waals surface area contributed by atoms with Crippen LogP contribution in [-0.4, -0.2) is 38.6 Å². The van der Waals surface area contributed by atoms with Crippen LogP contribution in [0.3, 0.4) is 0 Å². The van der Waals surface area contributed by atoms with Crippen molar-refractivity contribution in [3.8, 4) is 0 Å². The average molecular weight is 401 g/mol. The first-order valence-corrected chi connectivity index (χ1v) is 10.7. The minimum atomic E-state index is -0.0629. The van der Waals surface area contributed by atoms with E-state index in [-0.39, 0.29) is 11.9 Å². The van der Waals surface area contributed by atoms with Crippen molar-refractivity contribution >= 4 is 60.8 Å². The topological polar surface area (TPSA) is 59.0 Å². The molecular weight excluding hydrogens is 384 g/mol. The molecule has 0 fully saturated rings. The molecule has 0 aliphatic rings. The summed E-state index contributed by atoms with van der Waals surface area (Å²) in [6.07, 6.45) is 1.55. The summed E-state index contributed by atoms with van der Waals surface area (Å²) in [7, 11) is 1.83. The Morgan fingerprint density at radius 3 is 2.96 bits per heavy atom. The van der Waals surface area contributed by atoms with Gasteiger partial charge in [-0.25, -0.2) is 15.0 Å². The molecule has 0 N–H and O–H groups in total. The van der Waals surface area contributed by atoms with E-state index in [9.17, 15) is 4.79 Å². The van der Waals surface area contributed by atoms with E-state index in [1.807, 2.05) is 43.6 Å². The zero-order valence-corrected chi connectivity index (χ0v) is 16.7. The van der Waals surface area contributed by atoms with Crippen molar-refractivity contribution in [2.45, 2.75) is 18.0 Å². The number of carbonyl (C=O) groups excluding carboxylic acids is 1. The maximum absolute atomic E-state index is 12.7. The summed E-state index contributed by atoms with van der Waals surface area (Å²) in [5.41, 5.74) is 0.982. The van der Waals surface area contributed by atoms with E-state index >= 15 is 0 Å². The second-order valence-electron chi connectivity index (χ2n) is 5.81. The van der Waals surface area contributed by atoms with Gasteiger partial charge in [0.1, 0.15) is 21.2 Å². The van der Waals surface area contributed by atoms with Gasteiger partial charge in [-0.05, 0) is 30.5 Å². The quantitative estimate of drug-likeness (QED) is 0.362. The summed E-state index contributed by atoms with van der Waals surface area (Å²) in [5, 5.41) is 4.81. The molecule has 0 aliphatic heterocycles. The van der Waals surface area contributed by atoms with E-state index < -0.39 is 0 Å². The van der Waals surface area contributed by atoms with Gasteiger partial charge in [0.05, 0.1) is 22.0 Å². The van der Waals surface area contributed by atoms with Gasteiger partial charge in [0, 0.05) is 12.4 Å². The van der Waals surface area contributed by atoms with Gasteiger partial charge in [-0.2, -0.15) is 0 Å². The Labute approximate surface area is 163 Å². The zero-order valence-electron chi connectivity index (χ0n) is 14.2. The highest BCUT2D eigenvalue weighted by molar-refractivity contribution is 8.00. The highest BCUT2D eigenvalue weighted by Gasteiger charge is 2.21. The molecule has 0 unspecified atom stereocenters. The Balaban J connectivity index is 1.46. The monoisotopic (exact) mass is 400 g/mol. The third-order valence-electron chi connectivity index (χ3n) is 4.20. The molecule has 0 bridgehead atoms. The van der Waals surface area contributed by atoms with Crippen molar-refractivity contribution < 1.29 is 4.79 Å². The predicted molar refractivity (Wildman–Crippen MR) is 109 cm³/mol. The lowest BCUT2D eigenvalue weighted by Crippen LogP contribution is -2.31. The number of hydrogen-bond acceptors (Lipinski definition) is 7. The average Bonchev–Trinajstić information content (AvgIpc) is 3.31. The normalized spacial score (nSPS) is 12.5. The van der Waals surface area contributed by atoms with Crippen LogP contribution in [-0.2, 0) is 4.79 Å². The number of carbonyl (C=O) groups is 1. The van der Waals surface area contributed by atoms with E-state index in [1.54, 1.807) is 33.9 Å². The molecule has 0 aliphatic carbocycles. The molecule has 8 heteroatoms. The van der Waals surface area contributed by atoms with Gasteiger partial charge in [-0.15, -0.1) is 22.7 Å². The number of rotatable bonds is 5. The van der Waals surface area contributed by atoms with Crippen LogP contribution in [0, 0.1) is 0 Å². The van der Waals surface area contributed by atoms with Crippen molar-refractivity contribution in [2.24, 2.45) is 0 Å². The van der Waals surface area contributed by atoms with Crippen LogP contribution in [0.2, 0.25) is 0 Å². The zero-order chi connectivity index (χ0) is 18.1. The summed E-state index contributed by atoms with van der Waals surface area (Å²) in [5.74, 6) is 0.400. The van der Waals surface area contributed by atoms with Gasteiger partial charge < -0.3 is 4.90 Å². The van der Waals surface area contributed by atoms with E-state index in [2.05, 4.69) is 21.0 Å². The summed E-state index contributed by atoms with van der Waals surface area (Å²) >= 11 is 4.67. The molecular formula is C18H16N4OS3.